The molecule has 1 saturated carbocycles. The Labute approximate surface area is 147 Å². The van der Waals surface area contributed by atoms with Gasteiger partial charge in [0.15, 0.2) is 11.7 Å². The Balaban J connectivity index is 1.52. The van der Waals surface area contributed by atoms with Crippen LogP contribution in [0.2, 0.25) is 0 Å². The maximum Gasteiger partial charge on any atom is 0.422 e. The summed E-state index contributed by atoms with van der Waals surface area (Å²) in [5.41, 5.74) is 0.911. The predicted octanol–water partition coefficient (Wildman–Crippen LogP) is 4.07. The molecule has 134 valence electrons. The highest BCUT2D eigenvalue weighted by Crippen LogP contribution is 2.47. The molecule has 0 radical (unpaired) electrons. The van der Waals surface area contributed by atoms with Gasteiger partial charge in [-0.3, -0.25) is 9.78 Å². The number of carbonyl (C=O) groups is 1. The van der Waals surface area contributed by atoms with Crippen LogP contribution in [0.1, 0.15) is 35.9 Å². The van der Waals surface area contributed by atoms with Crippen molar-refractivity contribution >= 4 is 17.2 Å². The van der Waals surface area contributed by atoms with Gasteiger partial charge in [-0.1, -0.05) is 6.07 Å². The first-order valence-electron chi connectivity index (χ1n) is 7.84. The van der Waals surface area contributed by atoms with E-state index in [0.717, 1.165) is 28.3 Å². The van der Waals surface area contributed by atoms with Crippen LogP contribution in [0.15, 0.2) is 36.5 Å². The van der Waals surface area contributed by atoms with Crippen LogP contribution in [0, 0.1) is 5.92 Å². The second kappa shape index (κ2) is 7.03. The third-order valence-electron chi connectivity index (χ3n) is 3.96. The average molecular weight is 370 g/mol. The number of rotatable bonds is 6. The van der Waals surface area contributed by atoms with E-state index in [1.54, 1.807) is 19.2 Å². The Morgan fingerprint density at radius 2 is 2.20 bits per heavy atom. The quantitative estimate of drug-likeness (QED) is 0.834. The summed E-state index contributed by atoms with van der Waals surface area (Å²) in [5, 5.41) is 3.10. The zero-order valence-electron chi connectivity index (χ0n) is 13.4. The summed E-state index contributed by atoms with van der Waals surface area (Å²) < 4.78 is 41.2. The molecule has 0 spiro atoms. The van der Waals surface area contributed by atoms with Crippen LogP contribution in [-0.4, -0.2) is 23.7 Å². The molecule has 0 aliphatic heterocycles. The predicted molar refractivity (Wildman–Crippen MR) is 87.5 cm³/mol. The van der Waals surface area contributed by atoms with Crippen LogP contribution in [0.5, 0.6) is 5.06 Å². The van der Waals surface area contributed by atoms with E-state index < -0.39 is 12.8 Å². The monoisotopic (exact) mass is 370 g/mol. The molecule has 1 N–H and O–H groups in total. The fourth-order valence-electron chi connectivity index (χ4n) is 2.60. The summed E-state index contributed by atoms with van der Waals surface area (Å²) in [6.45, 7) is 0.483. The van der Waals surface area contributed by atoms with E-state index in [2.05, 4.69) is 10.3 Å². The molecule has 8 heteroatoms. The number of ether oxygens (including phenoxy) is 1. The fourth-order valence-corrected chi connectivity index (χ4v) is 3.45. The molecular weight excluding hydrogens is 353 g/mol. The third kappa shape index (κ3) is 4.72. The van der Waals surface area contributed by atoms with E-state index in [9.17, 15) is 18.0 Å². The molecule has 1 amide bonds. The molecule has 3 rings (SSSR count). The maximum atomic E-state index is 12.3. The van der Waals surface area contributed by atoms with Gasteiger partial charge in [-0.15, -0.1) is 11.3 Å². The Bertz CT molecular complexity index is 733. The van der Waals surface area contributed by atoms with Crippen molar-refractivity contribution in [2.24, 2.45) is 5.92 Å². The smallest absolute Gasteiger partial charge is 0.422 e. The lowest BCUT2D eigenvalue weighted by atomic mass is 10.2. The van der Waals surface area contributed by atoms with Gasteiger partial charge in [0.1, 0.15) is 0 Å². The Kier molecular flexibility index (Phi) is 4.99. The van der Waals surface area contributed by atoms with E-state index in [1.165, 1.54) is 6.07 Å². The van der Waals surface area contributed by atoms with Crippen LogP contribution >= 0.6 is 11.3 Å². The summed E-state index contributed by atoms with van der Waals surface area (Å²) in [6.07, 6.45) is -1.89. The molecular formula is C17H17F3N2O2S. The SMILES string of the molecule is C[C@@H](NC(=O)C1CC1c1ccccn1)c1ccc(OCC(F)(F)F)s1. The summed E-state index contributed by atoms with van der Waals surface area (Å²) >= 11 is 1.10. The minimum Gasteiger partial charge on any atom is -0.475 e. The second-order valence-electron chi connectivity index (χ2n) is 5.99. The number of nitrogens with zero attached hydrogens (tertiary/aromatic N) is 1. The number of carbonyl (C=O) groups excluding carboxylic acids is 1. The van der Waals surface area contributed by atoms with Gasteiger partial charge in [-0.05, 0) is 37.6 Å². The van der Waals surface area contributed by atoms with Gasteiger partial charge in [0.25, 0.3) is 0 Å². The first-order chi connectivity index (χ1) is 11.8. The van der Waals surface area contributed by atoms with E-state index in [-0.39, 0.29) is 28.8 Å². The average Bonchev–Trinajstić information content (AvgIpc) is 3.23. The standard InChI is InChI=1S/C17H17F3N2O2S/c1-10(14-5-6-15(25-14)24-9-17(18,19)20)22-16(23)12-8-11(12)13-4-2-3-7-21-13/h2-7,10-12H,8-9H2,1H3,(H,22,23)/t10-,11?,12?/m1/s1. The van der Waals surface area contributed by atoms with E-state index in [4.69, 9.17) is 4.74 Å². The fraction of sp³-hybridized carbons (Fsp3) is 0.412. The van der Waals surface area contributed by atoms with E-state index in [1.807, 2.05) is 18.2 Å². The van der Waals surface area contributed by atoms with Gasteiger partial charge in [-0.25, -0.2) is 0 Å². The number of aromatic nitrogens is 1. The molecule has 1 aliphatic rings. The first kappa shape index (κ1) is 17.7. The number of nitrogens with one attached hydrogen (secondary N) is 1. The van der Waals surface area contributed by atoms with Crippen molar-refractivity contribution in [3.63, 3.8) is 0 Å². The van der Waals surface area contributed by atoms with Crippen molar-refractivity contribution in [3.8, 4) is 5.06 Å². The maximum absolute atomic E-state index is 12.3. The summed E-state index contributed by atoms with van der Waals surface area (Å²) in [4.78, 5) is 17.3. The van der Waals surface area contributed by atoms with Crippen LogP contribution in [0.25, 0.3) is 0 Å². The molecule has 3 atom stereocenters. The van der Waals surface area contributed by atoms with Crippen molar-refractivity contribution in [3.05, 3.63) is 47.1 Å². The van der Waals surface area contributed by atoms with Gasteiger partial charge in [0.05, 0.1) is 6.04 Å². The van der Waals surface area contributed by atoms with Crippen molar-refractivity contribution in [2.45, 2.75) is 31.5 Å². The van der Waals surface area contributed by atoms with E-state index in [0.29, 0.717) is 0 Å². The van der Waals surface area contributed by atoms with Crippen LogP contribution < -0.4 is 10.1 Å². The molecule has 25 heavy (non-hydrogen) atoms. The zero-order valence-corrected chi connectivity index (χ0v) is 14.2. The number of alkyl halides is 3. The summed E-state index contributed by atoms with van der Waals surface area (Å²) in [7, 11) is 0. The number of hydrogen-bond acceptors (Lipinski definition) is 4. The number of thiophene rings is 1. The van der Waals surface area contributed by atoms with Crippen LogP contribution in [0.4, 0.5) is 13.2 Å². The molecule has 1 fully saturated rings. The Morgan fingerprint density at radius 1 is 1.40 bits per heavy atom. The summed E-state index contributed by atoms with van der Waals surface area (Å²) in [5.74, 6) is -0.0185. The highest BCUT2D eigenvalue weighted by Gasteiger charge is 2.45. The number of halogens is 3. The molecule has 2 unspecified atom stereocenters. The lowest BCUT2D eigenvalue weighted by molar-refractivity contribution is -0.152. The number of hydrogen-bond donors (Lipinski definition) is 1. The molecule has 0 bridgehead atoms. The van der Waals surface area contributed by atoms with Crippen molar-refractivity contribution in [1.82, 2.24) is 10.3 Å². The molecule has 2 aromatic rings. The van der Waals surface area contributed by atoms with Gasteiger partial charge >= 0.3 is 6.18 Å². The second-order valence-corrected chi connectivity index (χ2v) is 7.07. The topological polar surface area (TPSA) is 51.2 Å². The third-order valence-corrected chi connectivity index (χ3v) is 5.14. The van der Waals surface area contributed by atoms with Gasteiger partial charge in [-0.2, -0.15) is 13.2 Å². The molecule has 0 aromatic carbocycles. The summed E-state index contributed by atoms with van der Waals surface area (Å²) in [6, 6.07) is 8.51. The molecule has 2 heterocycles. The first-order valence-corrected chi connectivity index (χ1v) is 8.66. The number of amides is 1. The zero-order chi connectivity index (χ0) is 18.0. The van der Waals surface area contributed by atoms with Crippen molar-refractivity contribution < 1.29 is 22.7 Å². The highest BCUT2D eigenvalue weighted by molar-refractivity contribution is 7.13. The van der Waals surface area contributed by atoms with E-state index >= 15 is 0 Å². The lowest BCUT2D eigenvalue weighted by Gasteiger charge is -2.12. The van der Waals surface area contributed by atoms with Crippen molar-refractivity contribution in [1.29, 1.82) is 0 Å². The molecule has 4 nitrogen and oxygen atoms in total. The van der Waals surface area contributed by atoms with Crippen LogP contribution in [0.3, 0.4) is 0 Å². The van der Waals surface area contributed by atoms with Gasteiger partial charge in [0.2, 0.25) is 5.91 Å². The molecule has 0 saturated heterocycles. The normalized spacial score (nSPS) is 20.8. The molecule has 2 aromatic heterocycles. The van der Waals surface area contributed by atoms with Gasteiger partial charge in [0, 0.05) is 28.6 Å². The Morgan fingerprint density at radius 3 is 2.88 bits per heavy atom. The number of pyridine rings is 1. The Hall–Kier alpha value is -2.09. The minimum atomic E-state index is -4.36. The largest absolute Gasteiger partial charge is 0.475 e. The minimum absolute atomic E-state index is 0.0608. The van der Waals surface area contributed by atoms with Gasteiger partial charge < -0.3 is 10.1 Å². The van der Waals surface area contributed by atoms with Crippen LogP contribution in [-0.2, 0) is 4.79 Å². The van der Waals surface area contributed by atoms with Crippen molar-refractivity contribution in [2.75, 3.05) is 6.61 Å². The lowest BCUT2D eigenvalue weighted by Crippen LogP contribution is -2.28. The highest BCUT2D eigenvalue weighted by atomic mass is 32.1. The molecule has 1 aliphatic carbocycles.